The summed E-state index contributed by atoms with van der Waals surface area (Å²) >= 11 is 5.74. The highest BCUT2D eigenvalue weighted by molar-refractivity contribution is 7.92. The first kappa shape index (κ1) is 26.1. The molecule has 5 rings (SSSR count). The fourth-order valence-electron chi connectivity index (χ4n) is 4.53. The van der Waals surface area contributed by atoms with E-state index in [0.29, 0.717) is 39.3 Å². The van der Waals surface area contributed by atoms with Crippen LogP contribution in [0.25, 0.3) is 11.3 Å². The number of methoxy groups -OCH3 is 1. The van der Waals surface area contributed by atoms with Gasteiger partial charge in [-0.15, -0.1) is 0 Å². The minimum absolute atomic E-state index is 0.0738. The van der Waals surface area contributed by atoms with Gasteiger partial charge in [0.05, 0.1) is 41.3 Å². The molecule has 13 heteroatoms. The number of pyridine rings is 1. The lowest BCUT2D eigenvalue weighted by Gasteiger charge is -2.26. The Morgan fingerprint density at radius 1 is 1.13 bits per heavy atom. The van der Waals surface area contributed by atoms with E-state index >= 15 is 0 Å². The summed E-state index contributed by atoms with van der Waals surface area (Å²) in [6, 6.07) is 19.3. The number of nitrogens with one attached hydrogen (secondary N) is 2. The van der Waals surface area contributed by atoms with Crippen molar-refractivity contribution in [1.82, 2.24) is 10.3 Å². The number of nitro groups is 1. The van der Waals surface area contributed by atoms with Gasteiger partial charge in [0.2, 0.25) is 10.0 Å². The number of nitrogens with zero attached hydrogens (tertiary/aromatic N) is 3. The third-order valence-electron chi connectivity index (χ3n) is 6.14. The molecule has 2 N–H and O–H groups in total. The zero-order valence-corrected chi connectivity index (χ0v) is 22.4. The number of rotatable bonds is 8. The topological polar surface area (TPSA) is 140 Å². The van der Waals surface area contributed by atoms with Gasteiger partial charge in [-0.05, 0) is 54.7 Å². The predicted molar refractivity (Wildman–Crippen MR) is 150 cm³/mol. The molecule has 1 saturated heterocycles. The maximum Gasteiger partial charge on any atom is 0.280 e. The molecule has 0 bridgehead atoms. The van der Waals surface area contributed by atoms with Crippen LogP contribution in [-0.2, 0) is 10.0 Å². The van der Waals surface area contributed by atoms with E-state index < -0.39 is 27.0 Å². The molecule has 0 radical (unpaired) electrons. The highest BCUT2D eigenvalue weighted by Gasteiger charge is 2.43. The Balaban J connectivity index is 1.61. The van der Waals surface area contributed by atoms with Crippen molar-refractivity contribution in [2.75, 3.05) is 23.0 Å². The van der Waals surface area contributed by atoms with Crippen molar-refractivity contribution in [3.05, 3.63) is 101 Å². The number of hydrogen-bond donors (Lipinski definition) is 2. The van der Waals surface area contributed by atoms with Crippen molar-refractivity contribution in [2.24, 2.45) is 0 Å². The van der Waals surface area contributed by atoms with Gasteiger partial charge in [0.25, 0.3) is 5.69 Å². The summed E-state index contributed by atoms with van der Waals surface area (Å²) in [7, 11) is -2.10. The average molecular weight is 566 g/mol. The molecule has 0 aliphatic carbocycles. The van der Waals surface area contributed by atoms with Crippen LogP contribution in [0.5, 0.6) is 5.75 Å². The van der Waals surface area contributed by atoms with Crippen molar-refractivity contribution >= 4 is 44.4 Å². The van der Waals surface area contributed by atoms with Crippen LogP contribution in [0.15, 0.2) is 83.4 Å². The maximum absolute atomic E-state index is 11.8. The van der Waals surface area contributed by atoms with Crippen LogP contribution < -0.4 is 19.7 Å². The Kier molecular flexibility index (Phi) is 6.93. The number of sulfonamides is 1. The molecule has 2 atom stereocenters. The van der Waals surface area contributed by atoms with Crippen LogP contribution in [0.1, 0.15) is 23.5 Å². The Labute approximate surface area is 229 Å². The molecule has 39 heavy (non-hydrogen) atoms. The molecule has 0 amide bonds. The summed E-state index contributed by atoms with van der Waals surface area (Å²) in [5.74, 6) is 1.12. The van der Waals surface area contributed by atoms with Gasteiger partial charge in [0, 0.05) is 24.0 Å². The number of benzene rings is 2. The molecule has 1 aliphatic heterocycles. The third kappa shape index (κ3) is 5.26. The van der Waals surface area contributed by atoms with E-state index in [1.165, 1.54) is 13.2 Å². The van der Waals surface area contributed by atoms with E-state index in [4.69, 9.17) is 21.4 Å². The molecule has 11 nitrogen and oxygen atoms in total. The molecule has 200 valence electrons. The molecule has 2 aromatic carbocycles. The Hall–Kier alpha value is -4.49. The predicted octanol–water partition coefficient (Wildman–Crippen LogP) is 4.81. The zero-order valence-electron chi connectivity index (χ0n) is 20.8. The number of hydrogen-bond acceptors (Lipinski definition) is 8. The minimum Gasteiger partial charge on any atom is -0.494 e. The lowest BCUT2D eigenvalue weighted by atomic mass is 10.0. The van der Waals surface area contributed by atoms with Crippen molar-refractivity contribution in [1.29, 1.82) is 0 Å². The highest BCUT2D eigenvalue weighted by Crippen LogP contribution is 2.45. The fraction of sp³-hybridized carbons (Fsp3) is 0.154. The standard InChI is InChI=1S/C26H23N5O6S2/c1-36-23-15-16(10-11-18(23)29-39(2,34)35)30-25(24(28-26(30)38)19-8-5-6-14-27-19)22-13-12-21(37-22)17-7-3-4-9-20(17)31(32)33/h3-15,24-25,29H,1-2H3,(H,28,38)/t24-,25+/m0/s1. The Morgan fingerprint density at radius 2 is 1.90 bits per heavy atom. The summed E-state index contributed by atoms with van der Waals surface area (Å²) < 4.78 is 37.8. The van der Waals surface area contributed by atoms with E-state index in [-0.39, 0.29) is 11.4 Å². The summed E-state index contributed by atoms with van der Waals surface area (Å²) in [5.41, 5.74) is 1.86. The molecular formula is C26H23N5O6S2. The van der Waals surface area contributed by atoms with Gasteiger partial charge in [-0.25, -0.2) is 8.42 Å². The molecule has 1 aliphatic rings. The van der Waals surface area contributed by atoms with Gasteiger partial charge in [-0.1, -0.05) is 18.2 Å². The normalized spacial score (nSPS) is 17.1. The van der Waals surface area contributed by atoms with Crippen molar-refractivity contribution in [2.45, 2.75) is 12.1 Å². The quantitative estimate of drug-likeness (QED) is 0.174. The Morgan fingerprint density at radius 3 is 2.59 bits per heavy atom. The monoisotopic (exact) mass is 565 g/mol. The van der Waals surface area contributed by atoms with Crippen molar-refractivity contribution in [3.8, 4) is 17.1 Å². The van der Waals surface area contributed by atoms with E-state index in [9.17, 15) is 18.5 Å². The van der Waals surface area contributed by atoms with Crippen molar-refractivity contribution in [3.63, 3.8) is 0 Å². The molecule has 0 unspecified atom stereocenters. The van der Waals surface area contributed by atoms with Gasteiger partial charge in [-0.3, -0.25) is 19.8 Å². The minimum atomic E-state index is -3.54. The SMILES string of the molecule is COc1cc(N2C(=S)N[C@@H](c3ccccn3)[C@H]2c2ccc(-c3ccccc3[N+](=O)[O-])o2)ccc1NS(C)(=O)=O. The summed E-state index contributed by atoms with van der Waals surface area (Å²) in [6.45, 7) is 0. The zero-order chi connectivity index (χ0) is 27.7. The molecule has 1 fully saturated rings. The van der Waals surface area contributed by atoms with Gasteiger partial charge in [0.15, 0.2) is 5.11 Å². The third-order valence-corrected chi connectivity index (χ3v) is 7.05. The number of aromatic nitrogens is 1. The molecular weight excluding hydrogens is 542 g/mol. The van der Waals surface area contributed by atoms with E-state index in [0.717, 1.165) is 6.26 Å². The first-order valence-corrected chi connectivity index (χ1v) is 14.0. The molecule has 3 heterocycles. The van der Waals surface area contributed by atoms with Gasteiger partial charge in [-0.2, -0.15) is 0 Å². The maximum atomic E-state index is 11.8. The van der Waals surface area contributed by atoms with Gasteiger partial charge in [0.1, 0.15) is 23.3 Å². The summed E-state index contributed by atoms with van der Waals surface area (Å²) in [5, 5.41) is 15.3. The van der Waals surface area contributed by atoms with Crippen LogP contribution in [0.4, 0.5) is 17.1 Å². The lowest BCUT2D eigenvalue weighted by molar-refractivity contribution is -0.384. The Bertz CT molecular complexity index is 1660. The second-order valence-electron chi connectivity index (χ2n) is 8.73. The van der Waals surface area contributed by atoms with Crippen LogP contribution >= 0.6 is 12.2 Å². The summed E-state index contributed by atoms with van der Waals surface area (Å²) in [6.07, 6.45) is 2.73. The number of anilines is 2. The molecule has 4 aromatic rings. The first-order chi connectivity index (χ1) is 18.7. The second-order valence-corrected chi connectivity index (χ2v) is 10.9. The number of furan rings is 1. The van der Waals surface area contributed by atoms with Crippen LogP contribution in [0.3, 0.4) is 0 Å². The molecule has 0 saturated carbocycles. The van der Waals surface area contributed by atoms with Crippen LogP contribution in [0, 0.1) is 10.1 Å². The number of thiocarbonyl (C=S) groups is 1. The van der Waals surface area contributed by atoms with Crippen LogP contribution in [0.2, 0.25) is 0 Å². The second kappa shape index (κ2) is 10.3. The van der Waals surface area contributed by atoms with Crippen LogP contribution in [-0.4, -0.2) is 36.8 Å². The number of ether oxygens (including phenoxy) is 1. The fourth-order valence-corrected chi connectivity index (χ4v) is 5.45. The van der Waals surface area contributed by atoms with Gasteiger partial charge < -0.3 is 19.4 Å². The summed E-state index contributed by atoms with van der Waals surface area (Å²) in [4.78, 5) is 17.5. The molecule has 2 aromatic heterocycles. The average Bonchev–Trinajstić information content (AvgIpc) is 3.53. The van der Waals surface area contributed by atoms with E-state index in [1.54, 1.807) is 60.8 Å². The van der Waals surface area contributed by atoms with Gasteiger partial charge >= 0.3 is 0 Å². The number of para-hydroxylation sites is 1. The first-order valence-electron chi connectivity index (χ1n) is 11.7. The smallest absolute Gasteiger partial charge is 0.280 e. The largest absolute Gasteiger partial charge is 0.494 e. The highest BCUT2D eigenvalue weighted by atomic mass is 32.2. The van der Waals surface area contributed by atoms with E-state index in [1.807, 2.05) is 17.0 Å². The van der Waals surface area contributed by atoms with E-state index in [2.05, 4.69) is 15.0 Å². The van der Waals surface area contributed by atoms with Crippen molar-refractivity contribution < 1.29 is 22.5 Å². The lowest BCUT2D eigenvalue weighted by Crippen LogP contribution is -2.29. The molecule has 0 spiro atoms. The number of nitro benzene ring substituents is 1.